The van der Waals surface area contributed by atoms with E-state index < -0.39 is 18.1 Å². The third kappa shape index (κ3) is 3.89. The number of rotatable bonds is 6. The number of ether oxygens (including phenoxy) is 2. The van der Waals surface area contributed by atoms with Crippen LogP contribution in [0.1, 0.15) is 35.7 Å². The number of hydrogen-bond donors (Lipinski definition) is 1. The molecule has 1 N–H and O–H groups in total. The van der Waals surface area contributed by atoms with Crippen LogP contribution >= 0.6 is 0 Å². The van der Waals surface area contributed by atoms with Crippen LogP contribution in [0.15, 0.2) is 72.9 Å². The first kappa shape index (κ1) is 19.6. The fourth-order valence-corrected chi connectivity index (χ4v) is 3.78. The summed E-state index contributed by atoms with van der Waals surface area (Å²) in [5.74, 6) is -0.635. The third-order valence-electron chi connectivity index (χ3n) is 5.11. The fourth-order valence-electron chi connectivity index (χ4n) is 3.78. The zero-order chi connectivity index (χ0) is 20.9. The Morgan fingerprint density at radius 2 is 1.57 bits per heavy atom. The fraction of sp³-hybridized carbons (Fsp3) is 0.208. The van der Waals surface area contributed by atoms with Gasteiger partial charge >= 0.3 is 12.1 Å². The molecule has 30 heavy (non-hydrogen) atoms. The summed E-state index contributed by atoms with van der Waals surface area (Å²) in [4.78, 5) is 29.0. The van der Waals surface area contributed by atoms with Crippen molar-refractivity contribution in [2.45, 2.75) is 18.9 Å². The molecule has 0 saturated heterocycles. The van der Waals surface area contributed by atoms with E-state index in [1.807, 2.05) is 24.3 Å². The van der Waals surface area contributed by atoms with E-state index in [-0.39, 0.29) is 19.1 Å². The molecule has 0 bridgehead atoms. The number of carbonyl (C=O) groups excluding carboxylic acids is 2. The average molecular weight is 402 g/mol. The zero-order valence-corrected chi connectivity index (χ0v) is 16.6. The lowest BCUT2D eigenvalue weighted by atomic mass is 9.98. The van der Waals surface area contributed by atoms with Crippen molar-refractivity contribution in [3.63, 3.8) is 0 Å². The Hall–Kier alpha value is -3.67. The molecule has 152 valence electrons. The van der Waals surface area contributed by atoms with Gasteiger partial charge in [-0.15, -0.1) is 0 Å². The summed E-state index contributed by atoms with van der Waals surface area (Å²) in [5, 5.41) is 2.59. The molecule has 4 rings (SSSR count). The van der Waals surface area contributed by atoms with Gasteiger partial charge in [-0.1, -0.05) is 54.6 Å². The van der Waals surface area contributed by atoms with Crippen LogP contribution in [0.3, 0.4) is 0 Å². The minimum Gasteiger partial charge on any atom is -0.464 e. The number of fused-ring (bicyclic) bond motifs is 3. The van der Waals surface area contributed by atoms with Crippen molar-refractivity contribution in [2.24, 2.45) is 0 Å². The van der Waals surface area contributed by atoms with Crippen molar-refractivity contribution in [2.75, 3.05) is 13.2 Å². The molecule has 6 heteroatoms. The lowest BCUT2D eigenvalue weighted by molar-refractivity contribution is -0.145. The van der Waals surface area contributed by atoms with Crippen LogP contribution in [0.4, 0.5) is 4.79 Å². The Labute approximate surface area is 174 Å². The first-order valence-electron chi connectivity index (χ1n) is 9.88. The largest absolute Gasteiger partial charge is 0.464 e. The van der Waals surface area contributed by atoms with E-state index in [0.29, 0.717) is 5.69 Å². The van der Waals surface area contributed by atoms with Crippen molar-refractivity contribution in [1.82, 2.24) is 10.3 Å². The number of hydrogen-bond acceptors (Lipinski definition) is 5. The minimum absolute atomic E-state index is 0.0564. The summed E-state index contributed by atoms with van der Waals surface area (Å²) in [5.41, 5.74) is 4.95. The van der Waals surface area contributed by atoms with E-state index in [2.05, 4.69) is 34.6 Å². The molecule has 1 unspecified atom stereocenters. The van der Waals surface area contributed by atoms with Crippen LogP contribution in [0.25, 0.3) is 11.1 Å². The Morgan fingerprint density at radius 3 is 2.17 bits per heavy atom. The molecule has 3 aromatic rings. The van der Waals surface area contributed by atoms with Crippen LogP contribution in [-0.2, 0) is 14.3 Å². The summed E-state index contributed by atoms with van der Waals surface area (Å²) in [7, 11) is 0. The van der Waals surface area contributed by atoms with Crippen LogP contribution in [-0.4, -0.2) is 30.3 Å². The van der Waals surface area contributed by atoms with Gasteiger partial charge in [-0.3, -0.25) is 4.98 Å². The molecule has 1 aliphatic rings. The second kappa shape index (κ2) is 8.78. The number of esters is 1. The Bertz CT molecular complexity index is 1010. The van der Waals surface area contributed by atoms with Gasteiger partial charge in [-0.2, -0.15) is 0 Å². The minimum atomic E-state index is -1.03. The van der Waals surface area contributed by atoms with E-state index in [9.17, 15) is 9.59 Å². The molecule has 0 aliphatic heterocycles. The summed E-state index contributed by atoms with van der Waals surface area (Å²) >= 11 is 0. The maximum Gasteiger partial charge on any atom is 0.408 e. The second-order valence-electron chi connectivity index (χ2n) is 6.91. The number of aromatic nitrogens is 1. The van der Waals surface area contributed by atoms with Crippen molar-refractivity contribution in [3.8, 4) is 11.1 Å². The first-order valence-corrected chi connectivity index (χ1v) is 9.88. The van der Waals surface area contributed by atoms with E-state index >= 15 is 0 Å². The molecular formula is C24H22N2O4. The average Bonchev–Trinajstić information content (AvgIpc) is 3.10. The highest BCUT2D eigenvalue weighted by Gasteiger charge is 2.30. The Kier molecular flexibility index (Phi) is 5.75. The SMILES string of the molecule is CCOC(=O)C(NC(=O)OCC1c2ccccc2-c2ccccc21)c1ccccn1. The van der Waals surface area contributed by atoms with Crippen molar-refractivity contribution < 1.29 is 19.1 Å². The highest BCUT2D eigenvalue weighted by molar-refractivity contribution is 5.82. The number of nitrogens with one attached hydrogen (secondary N) is 1. The summed E-state index contributed by atoms with van der Waals surface area (Å²) in [6.07, 6.45) is 0.863. The van der Waals surface area contributed by atoms with E-state index in [4.69, 9.17) is 9.47 Å². The Balaban J connectivity index is 1.48. The topological polar surface area (TPSA) is 77.5 Å². The monoisotopic (exact) mass is 402 g/mol. The summed E-state index contributed by atoms with van der Waals surface area (Å²) in [6.45, 7) is 2.08. The predicted molar refractivity (Wildman–Crippen MR) is 112 cm³/mol. The maximum atomic E-state index is 12.5. The number of benzene rings is 2. The number of amides is 1. The summed E-state index contributed by atoms with van der Waals surface area (Å²) in [6, 6.07) is 20.3. The molecule has 0 radical (unpaired) electrons. The van der Waals surface area contributed by atoms with Gasteiger partial charge in [-0.25, -0.2) is 9.59 Å². The van der Waals surface area contributed by atoms with Gasteiger partial charge in [0.05, 0.1) is 12.3 Å². The molecule has 0 spiro atoms. The lowest BCUT2D eigenvalue weighted by Gasteiger charge is -2.18. The molecule has 0 saturated carbocycles. The first-order chi connectivity index (χ1) is 14.7. The number of pyridine rings is 1. The van der Waals surface area contributed by atoms with Crippen LogP contribution in [0, 0.1) is 0 Å². The predicted octanol–water partition coefficient (Wildman–Crippen LogP) is 4.22. The third-order valence-corrected chi connectivity index (χ3v) is 5.11. The van der Waals surface area contributed by atoms with E-state index in [1.165, 1.54) is 0 Å². The molecule has 1 atom stereocenters. The summed E-state index contributed by atoms with van der Waals surface area (Å²) < 4.78 is 10.6. The zero-order valence-electron chi connectivity index (χ0n) is 16.6. The standard InChI is InChI=1S/C24H22N2O4/c1-2-29-23(27)22(21-13-7-8-14-25-21)26-24(28)30-15-20-18-11-5-3-9-16(18)17-10-4-6-12-19(17)20/h3-14,20,22H,2,15H2,1H3,(H,26,28). The molecule has 6 nitrogen and oxygen atoms in total. The van der Waals surface area contributed by atoms with Gasteiger partial charge in [0, 0.05) is 12.1 Å². The Morgan fingerprint density at radius 1 is 0.933 bits per heavy atom. The van der Waals surface area contributed by atoms with Gasteiger partial charge in [0.15, 0.2) is 6.04 Å². The molecular weight excluding hydrogens is 380 g/mol. The molecule has 0 fully saturated rings. The maximum absolute atomic E-state index is 12.5. The smallest absolute Gasteiger partial charge is 0.408 e. The molecule has 1 amide bonds. The van der Waals surface area contributed by atoms with Gasteiger partial charge in [0.25, 0.3) is 0 Å². The number of alkyl carbamates (subject to hydrolysis) is 1. The molecule has 1 aliphatic carbocycles. The van der Waals surface area contributed by atoms with Crippen LogP contribution in [0.5, 0.6) is 0 Å². The van der Waals surface area contributed by atoms with Crippen molar-refractivity contribution >= 4 is 12.1 Å². The second-order valence-corrected chi connectivity index (χ2v) is 6.91. The number of nitrogens with zero attached hydrogens (tertiary/aromatic N) is 1. The quantitative estimate of drug-likeness (QED) is 0.625. The highest BCUT2D eigenvalue weighted by Crippen LogP contribution is 2.44. The van der Waals surface area contributed by atoms with E-state index in [1.54, 1.807) is 31.3 Å². The van der Waals surface area contributed by atoms with Crippen molar-refractivity contribution in [1.29, 1.82) is 0 Å². The molecule has 1 aromatic heterocycles. The molecule has 2 aromatic carbocycles. The molecule has 1 heterocycles. The van der Waals surface area contributed by atoms with Crippen LogP contribution < -0.4 is 5.32 Å². The van der Waals surface area contributed by atoms with Gasteiger partial charge in [0.2, 0.25) is 0 Å². The van der Waals surface area contributed by atoms with Crippen LogP contribution in [0.2, 0.25) is 0 Å². The van der Waals surface area contributed by atoms with Crippen molar-refractivity contribution in [3.05, 3.63) is 89.7 Å². The van der Waals surface area contributed by atoms with Gasteiger partial charge < -0.3 is 14.8 Å². The highest BCUT2D eigenvalue weighted by atomic mass is 16.6. The van der Waals surface area contributed by atoms with E-state index in [0.717, 1.165) is 22.3 Å². The number of carbonyl (C=O) groups is 2. The normalized spacial score (nSPS) is 13.1. The van der Waals surface area contributed by atoms with Gasteiger partial charge in [-0.05, 0) is 41.3 Å². The van der Waals surface area contributed by atoms with Gasteiger partial charge in [0.1, 0.15) is 6.61 Å². The lowest BCUT2D eigenvalue weighted by Crippen LogP contribution is -2.36.